The van der Waals surface area contributed by atoms with Crippen molar-refractivity contribution >= 4 is 11.9 Å². The lowest BCUT2D eigenvalue weighted by Crippen LogP contribution is -2.44. The molecule has 0 spiro atoms. The van der Waals surface area contributed by atoms with Gasteiger partial charge >= 0.3 is 6.03 Å². The summed E-state index contributed by atoms with van der Waals surface area (Å²) in [5, 5.41) is 13.6. The van der Waals surface area contributed by atoms with Gasteiger partial charge in [0.1, 0.15) is 0 Å². The Morgan fingerprint density at radius 3 is 2.50 bits per heavy atom. The Morgan fingerprint density at radius 2 is 2.00 bits per heavy atom. The van der Waals surface area contributed by atoms with E-state index in [1.165, 1.54) is 33.0 Å². The highest BCUT2D eigenvalue weighted by Crippen LogP contribution is 2.22. The van der Waals surface area contributed by atoms with Gasteiger partial charge in [0.25, 0.3) is 5.91 Å². The standard InChI is InChI=1S/C13H17FN2O4/c1-7(17)9-4-5-11(10(14)6-9)20-8(2)12(18)16-13(19)15-3/h4-8,17H,1-3H3,(H2,15,16,18,19). The first-order chi connectivity index (χ1) is 9.35. The predicted octanol–water partition coefficient (Wildman–Crippen LogP) is 1.10. The molecule has 110 valence electrons. The van der Waals surface area contributed by atoms with Crippen LogP contribution in [0.3, 0.4) is 0 Å². The molecule has 0 bridgehead atoms. The summed E-state index contributed by atoms with van der Waals surface area (Å²) in [7, 11) is 1.36. The molecule has 0 radical (unpaired) electrons. The Kier molecular flexibility index (Phi) is 5.45. The number of amides is 3. The minimum atomic E-state index is -1.04. The summed E-state index contributed by atoms with van der Waals surface area (Å²) in [5.74, 6) is -1.51. The second-order valence-corrected chi connectivity index (χ2v) is 4.19. The Morgan fingerprint density at radius 1 is 1.35 bits per heavy atom. The summed E-state index contributed by atoms with van der Waals surface area (Å²) in [5.41, 5.74) is 0.400. The maximum Gasteiger partial charge on any atom is 0.321 e. The summed E-state index contributed by atoms with van der Waals surface area (Å²) < 4.78 is 18.9. The third kappa shape index (κ3) is 4.20. The number of rotatable bonds is 4. The maximum atomic E-state index is 13.7. The number of imide groups is 1. The van der Waals surface area contributed by atoms with Gasteiger partial charge in [-0.1, -0.05) is 6.07 Å². The summed E-state index contributed by atoms with van der Waals surface area (Å²) in [6.45, 7) is 2.90. The first kappa shape index (κ1) is 15.9. The molecule has 7 heteroatoms. The SMILES string of the molecule is CNC(=O)NC(=O)C(C)Oc1ccc(C(C)O)cc1F. The molecular weight excluding hydrogens is 267 g/mol. The zero-order chi connectivity index (χ0) is 15.3. The average Bonchev–Trinajstić information content (AvgIpc) is 2.40. The number of carbonyl (C=O) groups is 2. The molecule has 1 aromatic carbocycles. The lowest BCUT2D eigenvalue weighted by molar-refractivity contribution is -0.126. The van der Waals surface area contributed by atoms with Crippen molar-refractivity contribution in [2.24, 2.45) is 0 Å². The van der Waals surface area contributed by atoms with Crippen molar-refractivity contribution in [2.75, 3.05) is 7.05 Å². The van der Waals surface area contributed by atoms with Gasteiger partial charge in [-0.15, -0.1) is 0 Å². The quantitative estimate of drug-likeness (QED) is 0.772. The van der Waals surface area contributed by atoms with Crippen molar-refractivity contribution in [2.45, 2.75) is 26.1 Å². The number of carbonyl (C=O) groups excluding carboxylic acids is 2. The second-order valence-electron chi connectivity index (χ2n) is 4.19. The van der Waals surface area contributed by atoms with E-state index < -0.39 is 30.0 Å². The highest BCUT2D eigenvalue weighted by Gasteiger charge is 2.18. The van der Waals surface area contributed by atoms with Gasteiger partial charge in [-0.3, -0.25) is 10.1 Å². The van der Waals surface area contributed by atoms with Crippen LogP contribution in [-0.2, 0) is 4.79 Å². The Balaban J connectivity index is 2.73. The van der Waals surface area contributed by atoms with E-state index in [-0.39, 0.29) is 5.75 Å². The van der Waals surface area contributed by atoms with E-state index >= 15 is 0 Å². The van der Waals surface area contributed by atoms with Crippen LogP contribution in [0.5, 0.6) is 5.75 Å². The third-order valence-electron chi connectivity index (χ3n) is 2.58. The van der Waals surface area contributed by atoms with Gasteiger partial charge in [-0.05, 0) is 31.5 Å². The van der Waals surface area contributed by atoms with Crippen LogP contribution >= 0.6 is 0 Å². The second kappa shape index (κ2) is 6.85. The number of ether oxygens (including phenoxy) is 1. The molecule has 2 unspecified atom stereocenters. The van der Waals surface area contributed by atoms with Crippen molar-refractivity contribution < 1.29 is 23.8 Å². The number of nitrogens with one attached hydrogen (secondary N) is 2. The normalized spacial score (nSPS) is 13.2. The van der Waals surface area contributed by atoms with Crippen molar-refractivity contribution in [3.63, 3.8) is 0 Å². The first-order valence-corrected chi connectivity index (χ1v) is 6.02. The van der Waals surface area contributed by atoms with Crippen LogP contribution < -0.4 is 15.4 Å². The lowest BCUT2D eigenvalue weighted by Gasteiger charge is -2.15. The molecule has 1 rings (SSSR count). The van der Waals surface area contributed by atoms with Crippen LogP contribution in [0.1, 0.15) is 25.5 Å². The maximum absolute atomic E-state index is 13.7. The van der Waals surface area contributed by atoms with Gasteiger partial charge in [0.05, 0.1) is 6.10 Å². The largest absolute Gasteiger partial charge is 0.478 e. The van der Waals surface area contributed by atoms with Crippen LogP contribution in [0.15, 0.2) is 18.2 Å². The molecule has 20 heavy (non-hydrogen) atoms. The van der Waals surface area contributed by atoms with Gasteiger partial charge in [0.15, 0.2) is 17.7 Å². The summed E-state index contributed by atoms with van der Waals surface area (Å²) in [4.78, 5) is 22.5. The van der Waals surface area contributed by atoms with Crippen molar-refractivity contribution in [1.82, 2.24) is 10.6 Å². The van der Waals surface area contributed by atoms with Crippen LogP contribution in [-0.4, -0.2) is 30.2 Å². The molecule has 6 nitrogen and oxygen atoms in total. The van der Waals surface area contributed by atoms with Crippen LogP contribution in [0.25, 0.3) is 0 Å². The van der Waals surface area contributed by atoms with E-state index in [0.717, 1.165) is 6.07 Å². The Labute approximate surface area is 115 Å². The Hall–Kier alpha value is -2.15. The fourth-order valence-corrected chi connectivity index (χ4v) is 1.39. The van der Waals surface area contributed by atoms with Crippen molar-refractivity contribution in [3.8, 4) is 5.75 Å². The summed E-state index contributed by atoms with van der Waals surface area (Å²) in [6, 6.07) is 3.27. The molecule has 0 aliphatic heterocycles. The molecule has 0 aromatic heterocycles. The number of hydrogen-bond acceptors (Lipinski definition) is 4. The molecule has 2 atom stereocenters. The lowest BCUT2D eigenvalue weighted by atomic mass is 10.1. The van der Waals surface area contributed by atoms with Crippen molar-refractivity contribution in [1.29, 1.82) is 0 Å². The van der Waals surface area contributed by atoms with Crippen LogP contribution in [0, 0.1) is 5.82 Å². The summed E-state index contributed by atoms with van der Waals surface area (Å²) >= 11 is 0. The van der Waals surface area contributed by atoms with E-state index in [0.29, 0.717) is 5.56 Å². The Bertz CT molecular complexity index is 505. The monoisotopic (exact) mass is 284 g/mol. The van der Waals surface area contributed by atoms with Crippen LogP contribution in [0.2, 0.25) is 0 Å². The number of benzene rings is 1. The summed E-state index contributed by atoms with van der Waals surface area (Å²) in [6.07, 6.45) is -1.84. The minimum absolute atomic E-state index is 0.131. The highest BCUT2D eigenvalue weighted by atomic mass is 19.1. The van der Waals surface area contributed by atoms with E-state index in [1.807, 2.05) is 5.32 Å². The molecule has 0 fully saturated rings. The molecule has 0 aliphatic carbocycles. The van der Waals surface area contributed by atoms with E-state index in [1.54, 1.807) is 0 Å². The average molecular weight is 284 g/mol. The number of hydrogen-bond donors (Lipinski definition) is 3. The molecule has 0 heterocycles. The smallest absolute Gasteiger partial charge is 0.321 e. The fourth-order valence-electron chi connectivity index (χ4n) is 1.39. The molecule has 0 aliphatic rings. The first-order valence-electron chi connectivity index (χ1n) is 6.02. The van der Waals surface area contributed by atoms with Gasteiger partial charge < -0.3 is 15.2 Å². The molecule has 0 saturated carbocycles. The van der Waals surface area contributed by atoms with Gasteiger partial charge in [0.2, 0.25) is 0 Å². The third-order valence-corrected chi connectivity index (χ3v) is 2.58. The molecular formula is C13H17FN2O4. The minimum Gasteiger partial charge on any atom is -0.478 e. The zero-order valence-electron chi connectivity index (χ0n) is 11.4. The van der Waals surface area contributed by atoms with Gasteiger partial charge in [-0.2, -0.15) is 0 Å². The van der Waals surface area contributed by atoms with Gasteiger partial charge in [-0.25, -0.2) is 9.18 Å². The number of aliphatic hydroxyl groups is 1. The molecule has 3 amide bonds. The van der Waals surface area contributed by atoms with Crippen molar-refractivity contribution in [3.05, 3.63) is 29.6 Å². The predicted molar refractivity (Wildman–Crippen MR) is 69.7 cm³/mol. The number of halogens is 1. The molecule has 1 aromatic rings. The van der Waals surface area contributed by atoms with Crippen LogP contribution in [0.4, 0.5) is 9.18 Å². The molecule has 0 saturated heterocycles. The van der Waals surface area contributed by atoms with E-state index in [4.69, 9.17) is 4.74 Å². The number of aliphatic hydroxyl groups excluding tert-OH is 1. The number of urea groups is 1. The van der Waals surface area contributed by atoms with E-state index in [2.05, 4.69) is 5.32 Å². The zero-order valence-corrected chi connectivity index (χ0v) is 11.4. The fraction of sp³-hybridized carbons (Fsp3) is 0.385. The topological polar surface area (TPSA) is 87.7 Å². The molecule has 3 N–H and O–H groups in total. The van der Waals surface area contributed by atoms with E-state index in [9.17, 15) is 19.1 Å². The highest BCUT2D eigenvalue weighted by molar-refractivity contribution is 5.96. The van der Waals surface area contributed by atoms with Gasteiger partial charge in [0, 0.05) is 7.05 Å².